The number of aromatic nitrogens is 3. The third kappa shape index (κ3) is 5.88. The van der Waals surface area contributed by atoms with Gasteiger partial charge in [-0.2, -0.15) is 9.97 Å². The Kier molecular flexibility index (Phi) is 7.66. The number of benzene rings is 1. The maximum absolute atomic E-state index is 12.9. The normalized spacial score (nSPS) is 11.5. The topological polar surface area (TPSA) is 98.6 Å². The number of hydrogen-bond donors (Lipinski definition) is 1. The molecule has 174 valence electrons. The van der Waals surface area contributed by atoms with E-state index in [1.54, 1.807) is 22.6 Å². The molecule has 0 aliphatic rings. The minimum atomic E-state index is -0.307. The fourth-order valence-corrected chi connectivity index (χ4v) is 3.28. The minimum absolute atomic E-state index is 0.0267. The maximum atomic E-state index is 12.9. The molecular weight excluding hydrogens is 422 g/mol. The highest BCUT2D eigenvalue weighted by Crippen LogP contribution is 2.18. The van der Waals surface area contributed by atoms with Crippen LogP contribution in [0.5, 0.6) is 11.8 Å². The van der Waals surface area contributed by atoms with Crippen molar-refractivity contribution < 1.29 is 19.1 Å². The maximum Gasteiger partial charge on any atom is 0.291 e. The molecule has 3 rings (SSSR count). The number of hydrogen-bond acceptors (Lipinski definition) is 6. The monoisotopic (exact) mass is 451 g/mol. The summed E-state index contributed by atoms with van der Waals surface area (Å²) in [7, 11) is 6.50. The van der Waals surface area contributed by atoms with Crippen molar-refractivity contribution in [3.05, 3.63) is 65.7 Å². The fourth-order valence-electron chi connectivity index (χ4n) is 3.28. The molecule has 2 aromatic heterocycles. The molecule has 0 radical (unpaired) electrons. The summed E-state index contributed by atoms with van der Waals surface area (Å²) in [6.45, 7) is 1.98. The first kappa shape index (κ1) is 23.8. The molecule has 2 heterocycles. The zero-order valence-corrected chi connectivity index (χ0v) is 19.5. The zero-order valence-electron chi connectivity index (χ0n) is 19.5. The number of amides is 2. The number of rotatable bonds is 9. The van der Waals surface area contributed by atoms with Crippen LogP contribution in [-0.2, 0) is 13.5 Å². The van der Waals surface area contributed by atoms with Gasteiger partial charge in [0.25, 0.3) is 11.8 Å². The number of anilines is 1. The molecule has 0 saturated carbocycles. The van der Waals surface area contributed by atoms with Crippen molar-refractivity contribution in [2.75, 3.05) is 26.6 Å². The first-order valence-corrected chi connectivity index (χ1v) is 10.6. The Balaban J connectivity index is 1.56. The molecule has 0 spiro atoms. The van der Waals surface area contributed by atoms with Crippen LogP contribution >= 0.6 is 0 Å². The van der Waals surface area contributed by atoms with Gasteiger partial charge in [0, 0.05) is 32.0 Å². The largest absolute Gasteiger partial charge is 0.481 e. The predicted molar refractivity (Wildman–Crippen MR) is 125 cm³/mol. The molecule has 0 bridgehead atoms. The van der Waals surface area contributed by atoms with Crippen LogP contribution in [0.3, 0.4) is 0 Å². The molecule has 9 nitrogen and oxygen atoms in total. The smallest absolute Gasteiger partial charge is 0.291 e. The molecule has 1 aromatic carbocycles. The van der Waals surface area contributed by atoms with Crippen LogP contribution in [0.25, 0.3) is 0 Å². The Morgan fingerprint density at radius 2 is 1.73 bits per heavy atom. The molecule has 0 aliphatic heterocycles. The molecular formula is C24H29N5O4. The lowest BCUT2D eigenvalue weighted by molar-refractivity contribution is 0.0722. The Labute approximate surface area is 193 Å². The highest BCUT2D eigenvalue weighted by molar-refractivity contribution is 6.03. The van der Waals surface area contributed by atoms with Crippen molar-refractivity contribution in [3.63, 3.8) is 0 Å². The number of methoxy groups -OCH3 is 2. The van der Waals surface area contributed by atoms with Crippen molar-refractivity contribution in [3.8, 4) is 11.8 Å². The quantitative estimate of drug-likeness (QED) is 0.537. The molecule has 1 N–H and O–H groups in total. The van der Waals surface area contributed by atoms with E-state index in [1.165, 1.54) is 20.3 Å². The molecule has 9 heteroatoms. The van der Waals surface area contributed by atoms with Gasteiger partial charge in [0.15, 0.2) is 0 Å². The van der Waals surface area contributed by atoms with E-state index in [2.05, 4.69) is 15.3 Å². The number of nitrogens with one attached hydrogen (secondary N) is 1. The van der Waals surface area contributed by atoms with E-state index in [0.29, 0.717) is 5.69 Å². The highest BCUT2D eigenvalue weighted by Gasteiger charge is 2.22. The average molecular weight is 452 g/mol. The van der Waals surface area contributed by atoms with E-state index in [4.69, 9.17) is 9.47 Å². The summed E-state index contributed by atoms with van der Waals surface area (Å²) in [4.78, 5) is 35.1. The summed E-state index contributed by atoms with van der Waals surface area (Å²) in [5.74, 6) is 0.105. The van der Waals surface area contributed by atoms with Gasteiger partial charge in [-0.05, 0) is 49.6 Å². The van der Waals surface area contributed by atoms with Gasteiger partial charge < -0.3 is 24.3 Å². The average Bonchev–Trinajstić information content (AvgIpc) is 3.27. The number of carbonyl (C=O) groups is 2. The van der Waals surface area contributed by atoms with E-state index in [-0.39, 0.29) is 35.4 Å². The van der Waals surface area contributed by atoms with Crippen LogP contribution in [0.1, 0.15) is 40.0 Å². The second-order valence-corrected chi connectivity index (χ2v) is 7.74. The van der Waals surface area contributed by atoms with Crippen LogP contribution in [0, 0.1) is 0 Å². The molecule has 0 saturated heterocycles. The Hall–Kier alpha value is -3.88. The van der Waals surface area contributed by atoms with E-state index in [1.807, 2.05) is 50.5 Å². The van der Waals surface area contributed by atoms with Gasteiger partial charge in [-0.1, -0.05) is 12.1 Å². The van der Waals surface area contributed by atoms with E-state index in [9.17, 15) is 9.59 Å². The molecule has 3 aromatic rings. The second kappa shape index (κ2) is 10.6. The summed E-state index contributed by atoms with van der Waals surface area (Å²) in [6.07, 6.45) is 3.35. The Morgan fingerprint density at radius 3 is 2.27 bits per heavy atom. The predicted octanol–water partition coefficient (Wildman–Crippen LogP) is 3.18. The summed E-state index contributed by atoms with van der Waals surface area (Å²) in [6, 6.07) is 12.8. The number of carbonyl (C=O) groups excluding carboxylic acids is 2. The number of aryl methyl sites for hydroxylation is 2. The first-order chi connectivity index (χ1) is 15.8. The fraction of sp³-hybridized carbons (Fsp3) is 0.333. The van der Waals surface area contributed by atoms with Crippen molar-refractivity contribution in [1.82, 2.24) is 19.4 Å². The van der Waals surface area contributed by atoms with Crippen LogP contribution in [0.15, 0.2) is 48.7 Å². The standard InChI is InChI=1S/C24H29N5O4/c1-16(29(3)24(31)22-26-20(32-4)15-21(27-22)33-5)8-9-17-10-12-18(13-11-17)25-23(30)19-7-6-14-28(19)2/h6-7,10-16H,8-9H2,1-5H3,(H,25,30)/t16-/m0/s1. The van der Waals surface area contributed by atoms with E-state index >= 15 is 0 Å². The lowest BCUT2D eigenvalue weighted by Gasteiger charge is -2.24. The minimum Gasteiger partial charge on any atom is -0.481 e. The third-order valence-corrected chi connectivity index (χ3v) is 5.51. The molecule has 0 unspecified atom stereocenters. The van der Waals surface area contributed by atoms with Crippen molar-refractivity contribution >= 4 is 17.5 Å². The van der Waals surface area contributed by atoms with Gasteiger partial charge in [0.1, 0.15) is 5.69 Å². The summed E-state index contributed by atoms with van der Waals surface area (Å²) >= 11 is 0. The van der Waals surface area contributed by atoms with Gasteiger partial charge in [-0.15, -0.1) is 0 Å². The molecule has 1 atom stereocenters. The molecule has 33 heavy (non-hydrogen) atoms. The zero-order chi connectivity index (χ0) is 24.0. The van der Waals surface area contributed by atoms with Crippen molar-refractivity contribution in [2.24, 2.45) is 7.05 Å². The van der Waals surface area contributed by atoms with Crippen molar-refractivity contribution in [1.29, 1.82) is 0 Å². The van der Waals surface area contributed by atoms with Crippen LogP contribution in [-0.4, -0.2) is 58.6 Å². The lowest BCUT2D eigenvalue weighted by Crippen LogP contribution is -2.36. The van der Waals surface area contributed by atoms with Crippen LogP contribution in [0.2, 0.25) is 0 Å². The van der Waals surface area contributed by atoms with Crippen molar-refractivity contribution in [2.45, 2.75) is 25.8 Å². The first-order valence-electron chi connectivity index (χ1n) is 10.6. The number of nitrogens with zero attached hydrogens (tertiary/aromatic N) is 4. The van der Waals surface area contributed by atoms with Crippen LogP contribution < -0.4 is 14.8 Å². The summed E-state index contributed by atoms with van der Waals surface area (Å²) in [5, 5.41) is 2.90. The Morgan fingerprint density at radius 1 is 1.09 bits per heavy atom. The van der Waals surface area contributed by atoms with Gasteiger partial charge in [0.05, 0.1) is 20.3 Å². The van der Waals surface area contributed by atoms with Gasteiger partial charge >= 0.3 is 0 Å². The highest BCUT2D eigenvalue weighted by atomic mass is 16.5. The molecule has 2 amide bonds. The second-order valence-electron chi connectivity index (χ2n) is 7.74. The van der Waals surface area contributed by atoms with Gasteiger partial charge in [0.2, 0.25) is 17.6 Å². The van der Waals surface area contributed by atoms with Gasteiger partial charge in [-0.3, -0.25) is 9.59 Å². The summed E-state index contributed by atoms with van der Waals surface area (Å²) in [5.41, 5.74) is 2.44. The summed E-state index contributed by atoms with van der Waals surface area (Å²) < 4.78 is 12.0. The van der Waals surface area contributed by atoms with Crippen LogP contribution in [0.4, 0.5) is 5.69 Å². The van der Waals surface area contributed by atoms with E-state index in [0.717, 1.165) is 24.1 Å². The number of ether oxygens (including phenoxy) is 2. The SMILES string of the molecule is COc1cc(OC)nc(C(=O)N(C)[C@@H](C)CCc2ccc(NC(=O)c3cccn3C)cc2)n1. The Bertz CT molecular complexity index is 1090. The third-order valence-electron chi connectivity index (χ3n) is 5.51. The molecule has 0 fully saturated rings. The van der Waals surface area contributed by atoms with Gasteiger partial charge in [-0.25, -0.2) is 0 Å². The molecule has 0 aliphatic carbocycles. The lowest BCUT2D eigenvalue weighted by atomic mass is 10.0. The van der Waals surface area contributed by atoms with E-state index < -0.39 is 0 Å².